The van der Waals surface area contributed by atoms with Gasteiger partial charge in [-0.05, 0) is 74.1 Å². The molecule has 6 heteroatoms. The minimum atomic E-state index is 0.681. The van der Waals surface area contributed by atoms with Gasteiger partial charge in [-0.3, -0.25) is 9.97 Å². The second-order valence-electron chi connectivity index (χ2n) is 11.6. The predicted molar refractivity (Wildman–Crippen MR) is 190 cm³/mol. The molecule has 0 fully saturated rings. The van der Waals surface area contributed by atoms with Gasteiger partial charge in [-0.2, -0.15) is 0 Å². The molecule has 5 aromatic carbocycles. The molecule has 0 radical (unpaired) electrons. The summed E-state index contributed by atoms with van der Waals surface area (Å²) < 4.78 is 11.1. The molecule has 0 aliphatic heterocycles. The fourth-order valence-corrected chi connectivity index (χ4v) is 6.49. The third kappa shape index (κ3) is 4.84. The lowest BCUT2D eigenvalue weighted by Crippen LogP contribution is -1.94. The van der Waals surface area contributed by atoms with Gasteiger partial charge in [0.05, 0.1) is 23.8 Å². The van der Waals surface area contributed by atoms with Crippen LogP contribution in [-0.2, 0) is 0 Å². The summed E-state index contributed by atoms with van der Waals surface area (Å²) in [5.74, 6) is 1.36. The van der Waals surface area contributed by atoms with Crippen LogP contribution >= 0.6 is 0 Å². The van der Waals surface area contributed by atoms with E-state index in [1.54, 1.807) is 12.4 Å². The van der Waals surface area contributed by atoms with Crippen LogP contribution in [0.2, 0.25) is 0 Å². The lowest BCUT2D eigenvalue weighted by Gasteiger charge is -2.18. The fourth-order valence-electron chi connectivity index (χ4n) is 6.49. The van der Waals surface area contributed by atoms with Gasteiger partial charge >= 0.3 is 0 Å². The molecule has 0 aliphatic rings. The van der Waals surface area contributed by atoms with Crippen molar-refractivity contribution in [1.29, 1.82) is 0 Å². The highest BCUT2D eigenvalue weighted by Crippen LogP contribution is 2.44. The Labute approximate surface area is 276 Å². The van der Waals surface area contributed by atoms with Crippen LogP contribution in [0.4, 0.5) is 0 Å². The summed E-state index contributed by atoms with van der Waals surface area (Å²) in [6.45, 7) is 0. The Balaban J connectivity index is 1.26. The van der Waals surface area contributed by atoms with Crippen LogP contribution in [0.15, 0.2) is 168 Å². The SMILES string of the molecule is c1ccc(-c2ccc(-c3ccc4c(-c5ccc(-c6cnco6)cn5)c5ccccc5c(-c5ccc(-c6cnco6)cn5)c4c3)cc2)cc1. The lowest BCUT2D eigenvalue weighted by molar-refractivity contribution is 0.571. The molecule has 9 rings (SSSR count). The van der Waals surface area contributed by atoms with Gasteiger partial charge < -0.3 is 8.83 Å². The molecular weight excluding hydrogens is 592 g/mol. The molecule has 0 N–H and O–H groups in total. The Bertz CT molecular complexity index is 2510. The third-order valence-electron chi connectivity index (χ3n) is 8.82. The van der Waals surface area contributed by atoms with E-state index in [1.165, 1.54) is 23.9 Å². The molecular formula is C42H26N4O2. The number of oxazole rings is 2. The number of aromatic nitrogens is 4. The van der Waals surface area contributed by atoms with Crippen molar-refractivity contribution in [3.63, 3.8) is 0 Å². The van der Waals surface area contributed by atoms with Crippen LogP contribution < -0.4 is 0 Å². The Morgan fingerprint density at radius 3 is 1.33 bits per heavy atom. The van der Waals surface area contributed by atoms with E-state index in [4.69, 9.17) is 18.8 Å². The van der Waals surface area contributed by atoms with E-state index in [-0.39, 0.29) is 0 Å². The molecule has 0 bridgehead atoms. The third-order valence-corrected chi connectivity index (χ3v) is 8.82. The van der Waals surface area contributed by atoms with Crippen molar-refractivity contribution in [1.82, 2.24) is 19.9 Å². The molecule has 0 saturated heterocycles. The van der Waals surface area contributed by atoms with Crippen molar-refractivity contribution < 1.29 is 8.83 Å². The minimum absolute atomic E-state index is 0.681. The van der Waals surface area contributed by atoms with E-state index < -0.39 is 0 Å². The molecule has 4 aromatic heterocycles. The summed E-state index contributed by atoms with van der Waals surface area (Å²) in [4.78, 5) is 18.1. The van der Waals surface area contributed by atoms with Crippen molar-refractivity contribution in [2.24, 2.45) is 0 Å². The predicted octanol–water partition coefficient (Wildman–Crippen LogP) is 10.8. The van der Waals surface area contributed by atoms with Crippen molar-refractivity contribution in [2.75, 3.05) is 0 Å². The Hall–Kier alpha value is -6.66. The van der Waals surface area contributed by atoms with E-state index in [9.17, 15) is 0 Å². The molecule has 0 atom stereocenters. The second kappa shape index (κ2) is 11.6. The van der Waals surface area contributed by atoms with Gasteiger partial charge in [0.1, 0.15) is 0 Å². The van der Waals surface area contributed by atoms with Gasteiger partial charge in [0, 0.05) is 34.6 Å². The maximum atomic E-state index is 5.54. The topological polar surface area (TPSA) is 77.8 Å². The van der Waals surface area contributed by atoms with E-state index in [0.717, 1.165) is 66.3 Å². The molecule has 4 heterocycles. The van der Waals surface area contributed by atoms with Crippen molar-refractivity contribution in [3.8, 4) is 67.4 Å². The molecule has 6 nitrogen and oxygen atoms in total. The molecule has 0 saturated carbocycles. The first-order valence-corrected chi connectivity index (χ1v) is 15.6. The highest BCUT2D eigenvalue weighted by Gasteiger charge is 2.19. The van der Waals surface area contributed by atoms with E-state index in [1.807, 2.05) is 30.6 Å². The van der Waals surface area contributed by atoms with E-state index in [2.05, 4.69) is 113 Å². The Morgan fingerprint density at radius 2 is 0.812 bits per heavy atom. The number of fused-ring (bicyclic) bond motifs is 2. The number of hydrogen-bond donors (Lipinski definition) is 0. The smallest absolute Gasteiger partial charge is 0.181 e. The number of nitrogens with zero attached hydrogens (tertiary/aromatic N) is 4. The van der Waals surface area contributed by atoms with Crippen molar-refractivity contribution >= 4 is 21.5 Å². The lowest BCUT2D eigenvalue weighted by atomic mass is 9.87. The molecule has 0 unspecified atom stereocenters. The summed E-state index contributed by atoms with van der Waals surface area (Å²) in [7, 11) is 0. The normalized spacial score (nSPS) is 11.3. The zero-order valence-electron chi connectivity index (χ0n) is 25.6. The first kappa shape index (κ1) is 27.6. The van der Waals surface area contributed by atoms with Crippen LogP contribution in [-0.4, -0.2) is 19.9 Å². The first-order valence-electron chi connectivity index (χ1n) is 15.6. The van der Waals surface area contributed by atoms with Gasteiger partial charge in [-0.25, -0.2) is 9.97 Å². The zero-order chi connectivity index (χ0) is 31.9. The standard InChI is InChI=1S/C42H26N4O2/c1-2-6-27(7-3-1)28-10-12-29(13-11-28)30-14-17-35-36(20-30)42(38-19-16-32(22-46-38)40-24-44-26-48-40)34-9-5-4-8-33(34)41(35)37-18-15-31(21-45-37)39-23-43-25-47-39/h1-26H. The van der Waals surface area contributed by atoms with Crippen molar-refractivity contribution in [3.05, 3.63) is 159 Å². The summed E-state index contributed by atoms with van der Waals surface area (Å²) in [6, 6.07) is 42.6. The quantitative estimate of drug-likeness (QED) is 0.173. The summed E-state index contributed by atoms with van der Waals surface area (Å²) in [5, 5.41) is 4.38. The van der Waals surface area contributed by atoms with Gasteiger partial charge in [-0.15, -0.1) is 0 Å². The number of pyridine rings is 2. The van der Waals surface area contributed by atoms with Crippen LogP contribution in [0.25, 0.3) is 89.0 Å². The maximum Gasteiger partial charge on any atom is 0.181 e. The van der Waals surface area contributed by atoms with Gasteiger partial charge in [0.15, 0.2) is 24.3 Å². The van der Waals surface area contributed by atoms with Gasteiger partial charge in [0.2, 0.25) is 0 Å². The molecule has 0 aliphatic carbocycles. The molecule has 9 aromatic rings. The highest BCUT2D eigenvalue weighted by molar-refractivity contribution is 6.21. The van der Waals surface area contributed by atoms with Crippen LogP contribution in [0, 0.1) is 0 Å². The highest BCUT2D eigenvalue weighted by atomic mass is 16.3. The monoisotopic (exact) mass is 618 g/mol. The minimum Gasteiger partial charge on any atom is -0.443 e. The number of hydrogen-bond acceptors (Lipinski definition) is 6. The van der Waals surface area contributed by atoms with Crippen LogP contribution in [0.1, 0.15) is 0 Å². The fraction of sp³-hybridized carbons (Fsp3) is 0. The molecule has 226 valence electrons. The summed E-state index contributed by atoms with van der Waals surface area (Å²) >= 11 is 0. The Morgan fingerprint density at radius 1 is 0.354 bits per heavy atom. The average Bonchev–Trinajstić information content (AvgIpc) is 3.91. The maximum absolute atomic E-state index is 5.54. The molecule has 0 spiro atoms. The summed E-state index contributed by atoms with van der Waals surface area (Å²) in [5.41, 5.74) is 10.3. The zero-order valence-corrected chi connectivity index (χ0v) is 25.6. The molecule has 48 heavy (non-hydrogen) atoms. The number of benzene rings is 5. The molecule has 0 amide bonds. The van der Waals surface area contributed by atoms with Gasteiger partial charge in [-0.1, -0.05) is 91.0 Å². The van der Waals surface area contributed by atoms with Crippen LogP contribution in [0.3, 0.4) is 0 Å². The Kier molecular flexibility index (Phi) is 6.68. The van der Waals surface area contributed by atoms with Gasteiger partial charge in [0.25, 0.3) is 0 Å². The largest absolute Gasteiger partial charge is 0.443 e. The second-order valence-corrected chi connectivity index (χ2v) is 11.6. The number of rotatable bonds is 6. The van der Waals surface area contributed by atoms with E-state index in [0.29, 0.717) is 11.5 Å². The van der Waals surface area contributed by atoms with Crippen LogP contribution in [0.5, 0.6) is 0 Å². The van der Waals surface area contributed by atoms with E-state index >= 15 is 0 Å². The van der Waals surface area contributed by atoms with Crippen molar-refractivity contribution in [2.45, 2.75) is 0 Å². The first-order chi connectivity index (χ1) is 23.8. The average molecular weight is 619 g/mol. The summed E-state index contributed by atoms with van der Waals surface area (Å²) in [6.07, 6.45) is 9.96.